The van der Waals surface area contributed by atoms with E-state index in [1.165, 1.54) is 4.90 Å². The molecule has 0 aromatic heterocycles. The summed E-state index contributed by atoms with van der Waals surface area (Å²) in [4.78, 5) is 26.1. The highest BCUT2D eigenvalue weighted by Crippen LogP contribution is 2.38. The Bertz CT molecular complexity index is 524. The molecule has 1 fully saturated rings. The topological polar surface area (TPSA) is 57.6 Å². The molecule has 1 aliphatic carbocycles. The maximum absolute atomic E-state index is 12.3. The van der Waals surface area contributed by atoms with Crippen LogP contribution in [-0.4, -0.2) is 34.5 Å². The van der Waals surface area contributed by atoms with Crippen molar-refractivity contribution in [3.63, 3.8) is 0 Å². The van der Waals surface area contributed by atoms with Gasteiger partial charge in [-0.1, -0.05) is 19.1 Å². The van der Waals surface area contributed by atoms with E-state index in [0.717, 1.165) is 25.7 Å². The molecule has 4 nitrogen and oxygen atoms in total. The molecule has 1 aliphatic heterocycles. The van der Waals surface area contributed by atoms with Gasteiger partial charge in [0.15, 0.2) is 0 Å². The van der Waals surface area contributed by atoms with Crippen LogP contribution in [-0.2, 0) is 0 Å². The number of nitrogens with zero attached hydrogens (tertiary/aromatic N) is 1. The van der Waals surface area contributed by atoms with Crippen molar-refractivity contribution in [2.24, 2.45) is 5.41 Å². The summed E-state index contributed by atoms with van der Waals surface area (Å²) in [7, 11) is 0. The number of carbonyl (C=O) groups excluding carboxylic acids is 2. The molecule has 1 N–H and O–H groups in total. The minimum atomic E-state index is -0.231. The van der Waals surface area contributed by atoms with Crippen molar-refractivity contribution < 1.29 is 14.7 Å². The summed E-state index contributed by atoms with van der Waals surface area (Å²) in [6, 6.07) is 6.99. The number of hydrogen-bond acceptors (Lipinski definition) is 3. The molecule has 106 valence electrons. The van der Waals surface area contributed by atoms with Crippen LogP contribution >= 0.6 is 0 Å². The Hall–Kier alpha value is -1.68. The van der Waals surface area contributed by atoms with Gasteiger partial charge in [0.1, 0.15) is 0 Å². The molecule has 2 amide bonds. The number of carbonyl (C=O) groups is 2. The van der Waals surface area contributed by atoms with Crippen molar-refractivity contribution in [1.29, 1.82) is 0 Å². The average molecular weight is 273 g/mol. The first-order valence-electron chi connectivity index (χ1n) is 7.13. The second-order valence-corrected chi connectivity index (χ2v) is 6.28. The van der Waals surface area contributed by atoms with Crippen molar-refractivity contribution in [2.45, 2.75) is 38.7 Å². The van der Waals surface area contributed by atoms with E-state index in [2.05, 4.69) is 6.92 Å². The fourth-order valence-electron chi connectivity index (χ4n) is 3.22. The second-order valence-electron chi connectivity index (χ2n) is 6.28. The third-order valence-corrected chi connectivity index (χ3v) is 4.58. The van der Waals surface area contributed by atoms with E-state index in [4.69, 9.17) is 0 Å². The number of benzene rings is 1. The number of imide groups is 1. The number of aliphatic hydroxyl groups excluding tert-OH is 1. The predicted octanol–water partition coefficient (Wildman–Crippen LogP) is 2.22. The lowest BCUT2D eigenvalue weighted by Crippen LogP contribution is -2.42. The van der Waals surface area contributed by atoms with Gasteiger partial charge in [-0.25, -0.2) is 0 Å². The number of fused-ring (bicyclic) bond motifs is 1. The van der Waals surface area contributed by atoms with E-state index in [1.807, 2.05) is 0 Å². The van der Waals surface area contributed by atoms with E-state index in [9.17, 15) is 14.7 Å². The Kier molecular flexibility index (Phi) is 3.13. The minimum Gasteiger partial charge on any atom is -0.393 e. The zero-order valence-corrected chi connectivity index (χ0v) is 11.6. The van der Waals surface area contributed by atoms with Crippen LogP contribution in [0.3, 0.4) is 0 Å². The molecule has 3 rings (SSSR count). The SMILES string of the molecule is CC1(CN2C(=O)c3ccccc3C2=O)CCC(O)CC1. The fourth-order valence-corrected chi connectivity index (χ4v) is 3.22. The molecule has 0 bridgehead atoms. The normalized spacial score (nSPS) is 29.7. The minimum absolute atomic E-state index is 0.0768. The van der Waals surface area contributed by atoms with Gasteiger partial charge in [-0.3, -0.25) is 14.5 Å². The Morgan fingerprint density at radius 1 is 1.15 bits per heavy atom. The summed E-state index contributed by atoms with van der Waals surface area (Å²) in [5.41, 5.74) is 0.945. The molecule has 1 heterocycles. The standard InChI is InChI=1S/C16H19NO3/c1-16(8-6-11(18)7-9-16)10-17-14(19)12-4-2-3-5-13(12)15(17)20/h2-5,11,18H,6-10H2,1H3. The summed E-state index contributed by atoms with van der Waals surface area (Å²) in [5.74, 6) is -0.365. The van der Waals surface area contributed by atoms with Crippen molar-refractivity contribution >= 4 is 11.8 Å². The molecular formula is C16H19NO3. The molecular weight excluding hydrogens is 254 g/mol. The van der Waals surface area contributed by atoms with E-state index in [1.54, 1.807) is 24.3 Å². The summed E-state index contributed by atoms with van der Waals surface area (Å²) in [5, 5.41) is 9.60. The number of hydrogen-bond donors (Lipinski definition) is 1. The van der Waals surface area contributed by atoms with Gasteiger partial charge in [0.05, 0.1) is 17.2 Å². The summed E-state index contributed by atoms with van der Waals surface area (Å²) in [6.45, 7) is 2.55. The lowest BCUT2D eigenvalue weighted by molar-refractivity contribution is 0.0386. The van der Waals surface area contributed by atoms with Gasteiger partial charge in [-0.15, -0.1) is 0 Å². The molecule has 0 saturated heterocycles. The Morgan fingerprint density at radius 2 is 1.65 bits per heavy atom. The first kappa shape index (κ1) is 13.3. The zero-order chi connectivity index (χ0) is 14.3. The van der Waals surface area contributed by atoms with Gasteiger partial charge >= 0.3 is 0 Å². The molecule has 1 aromatic carbocycles. The van der Waals surface area contributed by atoms with E-state index < -0.39 is 0 Å². The molecule has 1 aromatic rings. The van der Waals surface area contributed by atoms with Crippen LogP contribution in [0.2, 0.25) is 0 Å². The van der Waals surface area contributed by atoms with Crippen molar-refractivity contribution in [1.82, 2.24) is 4.90 Å². The van der Waals surface area contributed by atoms with Crippen LogP contribution in [0, 0.1) is 5.41 Å². The van der Waals surface area contributed by atoms with Crippen LogP contribution in [0.1, 0.15) is 53.3 Å². The van der Waals surface area contributed by atoms with Gasteiger partial charge in [0, 0.05) is 6.54 Å². The third-order valence-electron chi connectivity index (χ3n) is 4.58. The highest BCUT2D eigenvalue weighted by molar-refractivity contribution is 6.21. The van der Waals surface area contributed by atoms with E-state index in [0.29, 0.717) is 17.7 Å². The van der Waals surface area contributed by atoms with Crippen molar-refractivity contribution in [3.8, 4) is 0 Å². The number of rotatable bonds is 2. The highest BCUT2D eigenvalue weighted by atomic mass is 16.3. The first-order chi connectivity index (χ1) is 9.50. The van der Waals surface area contributed by atoms with Gasteiger partial charge in [-0.05, 0) is 43.2 Å². The molecule has 1 saturated carbocycles. The third kappa shape index (κ3) is 2.14. The summed E-state index contributed by atoms with van der Waals surface area (Å²) < 4.78 is 0. The van der Waals surface area contributed by atoms with Crippen LogP contribution < -0.4 is 0 Å². The van der Waals surface area contributed by atoms with Gasteiger partial charge < -0.3 is 5.11 Å². The average Bonchev–Trinajstić information content (AvgIpc) is 2.68. The van der Waals surface area contributed by atoms with Gasteiger partial charge in [0.25, 0.3) is 11.8 Å². The molecule has 2 aliphatic rings. The quantitative estimate of drug-likeness (QED) is 0.841. The van der Waals surface area contributed by atoms with Crippen LogP contribution in [0.5, 0.6) is 0 Å². The molecule has 0 atom stereocenters. The maximum Gasteiger partial charge on any atom is 0.261 e. The lowest BCUT2D eigenvalue weighted by atomic mass is 9.74. The monoisotopic (exact) mass is 273 g/mol. The maximum atomic E-state index is 12.3. The second kappa shape index (κ2) is 4.70. The molecule has 20 heavy (non-hydrogen) atoms. The molecule has 0 radical (unpaired) electrons. The molecule has 0 unspecified atom stereocenters. The van der Waals surface area contributed by atoms with Crippen LogP contribution in [0.4, 0.5) is 0 Å². The molecule has 4 heteroatoms. The summed E-state index contributed by atoms with van der Waals surface area (Å²) in [6.07, 6.45) is 2.97. The Morgan fingerprint density at radius 3 is 2.15 bits per heavy atom. The van der Waals surface area contributed by atoms with Crippen LogP contribution in [0.15, 0.2) is 24.3 Å². The van der Waals surface area contributed by atoms with E-state index >= 15 is 0 Å². The number of aliphatic hydroxyl groups is 1. The van der Waals surface area contributed by atoms with Crippen LogP contribution in [0.25, 0.3) is 0 Å². The van der Waals surface area contributed by atoms with E-state index in [-0.39, 0.29) is 23.3 Å². The summed E-state index contributed by atoms with van der Waals surface area (Å²) >= 11 is 0. The predicted molar refractivity (Wildman–Crippen MR) is 74.4 cm³/mol. The van der Waals surface area contributed by atoms with Gasteiger partial charge in [0.2, 0.25) is 0 Å². The molecule has 0 spiro atoms. The fraction of sp³-hybridized carbons (Fsp3) is 0.500. The lowest BCUT2D eigenvalue weighted by Gasteiger charge is -2.37. The smallest absolute Gasteiger partial charge is 0.261 e. The van der Waals surface area contributed by atoms with Crippen molar-refractivity contribution in [2.75, 3.05) is 6.54 Å². The highest BCUT2D eigenvalue weighted by Gasteiger charge is 2.40. The largest absolute Gasteiger partial charge is 0.393 e. The number of amides is 2. The Balaban J connectivity index is 1.80. The van der Waals surface area contributed by atoms with Gasteiger partial charge in [-0.2, -0.15) is 0 Å². The van der Waals surface area contributed by atoms with Crippen molar-refractivity contribution in [3.05, 3.63) is 35.4 Å². The first-order valence-corrected chi connectivity index (χ1v) is 7.13. The zero-order valence-electron chi connectivity index (χ0n) is 11.6. The Labute approximate surface area is 118 Å².